The van der Waals surface area contributed by atoms with E-state index in [0.29, 0.717) is 32.5 Å². The number of hydrogen-bond acceptors (Lipinski definition) is 4. The van der Waals surface area contributed by atoms with Crippen molar-refractivity contribution in [2.75, 3.05) is 24.6 Å². The van der Waals surface area contributed by atoms with Gasteiger partial charge in [-0.15, -0.1) is 0 Å². The predicted molar refractivity (Wildman–Crippen MR) is 88.6 cm³/mol. The zero-order chi connectivity index (χ0) is 16.0. The monoisotopic (exact) mass is 302 g/mol. The van der Waals surface area contributed by atoms with Crippen LogP contribution in [-0.2, 0) is 9.53 Å². The van der Waals surface area contributed by atoms with Gasteiger partial charge in [-0.3, -0.25) is 4.79 Å². The van der Waals surface area contributed by atoms with Crippen LogP contribution in [0.4, 0.5) is 5.69 Å². The molecule has 0 saturated carbocycles. The van der Waals surface area contributed by atoms with Crippen molar-refractivity contribution in [1.29, 1.82) is 5.26 Å². The molecule has 0 aliphatic heterocycles. The molecule has 22 heavy (non-hydrogen) atoms. The average Bonchev–Trinajstić information content (AvgIpc) is 2.55. The summed E-state index contributed by atoms with van der Waals surface area (Å²) in [6.07, 6.45) is 5.29. The van der Waals surface area contributed by atoms with Crippen molar-refractivity contribution in [1.82, 2.24) is 0 Å². The Morgan fingerprint density at radius 2 is 1.95 bits per heavy atom. The Morgan fingerprint density at radius 3 is 2.64 bits per heavy atom. The number of carbonyl (C=O) groups is 1. The number of hydrogen-bond donors (Lipinski definition) is 0. The molecule has 120 valence electrons. The molecule has 1 rings (SSSR count). The topological polar surface area (TPSA) is 53.3 Å². The van der Waals surface area contributed by atoms with Crippen molar-refractivity contribution in [3.8, 4) is 6.07 Å². The summed E-state index contributed by atoms with van der Waals surface area (Å²) in [5, 5.41) is 8.75. The number of para-hydroxylation sites is 1. The van der Waals surface area contributed by atoms with E-state index in [4.69, 9.17) is 10.00 Å². The van der Waals surface area contributed by atoms with Crippen molar-refractivity contribution in [3.05, 3.63) is 30.3 Å². The molecule has 4 nitrogen and oxygen atoms in total. The molecule has 0 bridgehead atoms. The van der Waals surface area contributed by atoms with Gasteiger partial charge < -0.3 is 9.64 Å². The van der Waals surface area contributed by atoms with Gasteiger partial charge in [-0.2, -0.15) is 5.26 Å². The van der Waals surface area contributed by atoms with Gasteiger partial charge in [0.05, 0.1) is 19.0 Å². The summed E-state index contributed by atoms with van der Waals surface area (Å²) in [5.74, 6) is -0.121. The lowest BCUT2D eigenvalue weighted by Crippen LogP contribution is -2.29. The van der Waals surface area contributed by atoms with E-state index >= 15 is 0 Å². The van der Waals surface area contributed by atoms with Gasteiger partial charge in [0.25, 0.3) is 0 Å². The summed E-state index contributed by atoms with van der Waals surface area (Å²) in [6.45, 7) is 3.78. The highest BCUT2D eigenvalue weighted by Gasteiger charge is 2.08. The molecular formula is C18H26N2O2. The maximum absolute atomic E-state index is 11.6. The number of carbonyl (C=O) groups excluding carboxylic acids is 1. The fraction of sp³-hybridized carbons (Fsp3) is 0.556. The summed E-state index contributed by atoms with van der Waals surface area (Å²) < 4.78 is 5.29. The van der Waals surface area contributed by atoms with Gasteiger partial charge >= 0.3 is 5.97 Å². The van der Waals surface area contributed by atoms with Crippen LogP contribution in [0, 0.1) is 11.3 Å². The Bertz CT molecular complexity index is 454. The molecule has 0 spiro atoms. The van der Waals surface area contributed by atoms with Crippen LogP contribution < -0.4 is 4.90 Å². The van der Waals surface area contributed by atoms with Crippen LogP contribution in [0.25, 0.3) is 0 Å². The minimum atomic E-state index is -0.121. The van der Waals surface area contributed by atoms with Crippen molar-refractivity contribution >= 4 is 11.7 Å². The first-order chi connectivity index (χ1) is 10.8. The van der Waals surface area contributed by atoms with Crippen molar-refractivity contribution in [2.24, 2.45) is 0 Å². The third-order valence-electron chi connectivity index (χ3n) is 3.47. The van der Waals surface area contributed by atoms with Crippen molar-refractivity contribution < 1.29 is 9.53 Å². The van der Waals surface area contributed by atoms with E-state index < -0.39 is 0 Å². The standard InChI is InChI=1S/C18H26N2O2/c1-2-3-4-8-12-18(21)22-16-15-20(14-9-13-19)17-10-6-5-7-11-17/h5-7,10-11H,2-4,8-9,12,14-16H2,1H3. The second-order valence-electron chi connectivity index (χ2n) is 5.26. The molecule has 0 fully saturated rings. The maximum Gasteiger partial charge on any atom is 0.305 e. The summed E-state index contributed by atoms with van der Waals surface area (Å²) >= 11 is 0. The SMILES string of the molecule is CCCCCCC(=O)OCCN(CCC#N)c1ccccc1. The van der Waals surface area contributed by atoms with Gasteiger partial charge in [0.1, 0.15) is 6.61 Å². The van der Waals surface area contributed by atoms with Crippen molar-refractivity contribution in [3.63, 3.8) is 0 Å². The fourth-order valence-electron chi connectivity index (χ4n) is 2.23. The molecule has 0 aliphatic rings. The summed E-state index contributed by atoms with van der Waals surface area (Å²) in [5.41, 5.74) is 1.05. The third-order valence-corrected chi connectivity index (χ3v) is 3.47. The minimum absolute atomic E-state index is 0.121. The normalized spacial score (nSPS) is 10.0. The lowest BCUT2D eigenvalue weighted by molar-refractivity contribution is -0.143. The number of ether oxygens (including phenoxy) is 1. The molecule has 0 amide bonds. The van der Waals surface area contributed by atoms with Gasteiger partial charge in [0, 0.05) is 18.7 Å². The Morgan fingerprint density at radius 1 is 1.18 bits per heavy atom. The lowest BCUT2D eigenvalue weighted by Gasteiger charge is -2.23. The Kier molecular flexibility index (Phi) is 9.52. The highest BCUT2D eigenvalue weighted by Crippen LogP contribution is 2.13. The second-order valence-corrected chi connectivity index (χ2v) is 5.26. The van der Waals surface area contributed by atoms with Gasteiger partial charge in [0.15, 0.2) is 0 Å². The number of benzene rings is 1. The second kappa shape index (κ2) is 11.6. The van der Waals surface area contributed by atoms with Crippen LogP contribution in [0.5, 0.6) is 0 Å². The summed E-state index contributed by atoms with van der Waals surface area (Å²) in [7, 11) is 0. The van der Waals surface area contributed by atoms with Crippen LogP contribution in [0.2, 0.25) is 0 Å². The highest BCUT2D eigenvalue weighted by atomic mass is 16.5. The lowest BCUT2D eigenvalue weighted by atomic mass is 10.2. The number of anilines is 1. The molecular weight excluding hydrogens is 276 g/mol. The van der Waals surface area contributed by atoms with Crippen LogP contribution in [0.1, 0.15) is 45.4 Å². The molecule has 1 aromatic carbocycles. The molecule has 0 radical (unpaired) electrons. The smallest absolute Gasteiger partial charge is 0.305 e. The van der Waals surface area contributed by atoms with E-state index in [-0.39, 0.29) is 5.97 Å². The number of unbranched alkanes of at least 4 members (excludes halogenated alkanes) is 3. The quantitative estimate of drug-likeness (QED) is 0.459. The van der Waals surface area contributed by atoms with Crippen molar-refractivity contribution in [2.45, 2.75) is 45.4 Å². The van der Waals surface area contributed by atoms with Gasteiger partial charge in [0.2, 0.25) is 0 Å². The zero-order valence-electron chi connectivity index (χ0n) is 13.5. The van der Waals surface area contributed by atoms with Crippen LogP contribution in [-0.4, -0.2) is 25.7 Å². The third kappa shape index (κ3) is 7.68. The summed E-state index contributed by atoms with van der Waals surface area (Å²) in [6, 6.07) is 12.1. The molecule has 0 N–H and O–H groups in total. The van der Waals surface area contributed by atoms with Gasteiger partial charge in [-0.25, -0.2) is 0 Å². The first-order valence-electron chi connectivity index (χ1n) is 8.10. The molecule has 0 saturated heterocycles. The maximum atomic E-state index is 11.6. The average molecular weight is 302 g/mol. The van der Waals surface area contributed by atoms with E-state index in [9.17, 15) is 4.79 Å². The Hall–Kier alpha value is -2.02. The zero-order valence-corrected chi connectivity index (χ0v) is 13.5. The number of nitrogens with zero attached hydrogens (tertiary/aromatic N) is 2. The first kappa shape index (κ1) is 18.0. The molecule has 4 heteroatoms. The van der Waals surface area contributed by atoms with Crippen LogP contribution >= 0.6 is 0 Å². The van der Waals surface area contributed by atoms with Gasteiger partial charge in [-0.05, 0) is 18.6 Å². The molecule has 0 aliphatic carbocycles. The Balaban J connectivity index is 2.31. The molecule has 0 heterocycles. The van der Waals surface area contributed by atoms with Crippen LogP contribution in [0.3, 0.4) is 0 Å². The number of esters is 1. The van der Waals surface area contributed by atoms with E-state index in [1.54, 1.807) is 0 Å². The molecule has 1 aromatic rings. The predicted octanol–water partition coefficient (Wildman–Crippen LogP) is 3.92. The molecule has 0 atom stereocenters. The van der Waals surface area contributed by atoms with E-state index in [2.05, 4.69) is 17.9 Å². The Labute approximate surface area is 133 Å². The van der Waals surface area contributed by atoms with Crippen LogP contribution in [0.15, 0.2) is 30.3 Å². The highest BCUT2D eigenvalue weighted by molar-refractivity contribution is 5.69. The fourth-order valence-corrected chi connectivity index (χ4v) is 2.23. The number of rotatable bonds is 11. The van der Waals surface area contributed by atoms with E-state index in [1.807, 2.05) is 30.3 Å². The van der Waals surface area contributed by atoms with E-state index in [1.165, 1.54) is 12.8 Å². The number of nitriles is 1. The summed E-state index contributed by atoms with van der Waals surface area (Å²) in [4.78, 5) is 13.7. The largest absolute Gasteiger partial charge is 0.464 e. The first-order valence-corrected chi connectivity index (χ1v) is 8.10. The van der Waals surface area contributed by atoms with E-state index in [0.717, 1.165) is 18.5 Å². The van der Waals surface area contributed by atoms with Gasteiger partial charge in [-0.1, -0.05) is 44.4 Å². The minimum Gasteiger partial charge on any atom is -0.464 e. The molecule has 0 unspecified atom stereocenters. The molecule has 0 aromatic heterocycles.